The largest absolute Gasteiger partial charge is 0.485 e. The van der Waals surface area contributed by atoms with Gasteiger partial charge >= 0.3 is 5.97 Å². The summed E-state index contributed by atoms with van der Waals surface area (Å²) in [5, 5.41) is 15.6. The molecule has 4 aromatic rings. The molecule has 5 rings (SSSR count). The van der Waals surface area contributed by atoms with Crippen molar-refractivity contribution in [1.82, 2.24) is 5.32 Å². The summed E-state index contributed by atoms with van der Waals surface area (Å²) in [5.41, 5.74) is 3.58. The highest BCUT2D eigenvalue weighted by Gasteiger charge is 2.28. The van der Waals surface area contributed by atoms with Crippen molar-refractivity contribution >= 4 is 40.5 Å². The first-order valence-electron chi connectivity index (χ1n) is 11.7. The van der Waals surface area contributed by atoms with Crippen LogP contribution in [0.5, 0.6) is 5.75 Å². The molecule has 2 N–H and O–H groups in total. The second kappa shape index (κ2) is 10.6. The summed E-state index contributed by atoms with van der Waals surface area (Å²) in [7, 11) is 0. The molecule has 0 radical (unpaired) electrons. The van der Waals surface area contributed by atoms with E-state index in [1.807, 2.05) is 23.1 Å². The number of carboxylic acid groups (broad SMARTS) is 1. The molecule has 0 bridgehead atoms. The van der Waals surface area contributed by atoms with Crippen molar-refractivity contribution in [3.05, 3.63) is 101 Å². The van der Waals surface area contributed by atoms with E-state index in [2.05, 4.69) is 42.6 Å². The molecule has 1 aliphatic rings. The number of carboxylic acids is 1. The first-order chi connectivity index (χ1) is 16.9. The monoisotopic (exact) mass is 506 g/mol. The third-order valence-electron chi connectivity index (χ3n) is 6.60. The summed E-state index contributed by atoms with van der Waals surface area (Å²) in [6, 6.07) is 24.5. The molecule has 1 aliphatic heterocycles. The maximum atomic E-state index is 14.1. The molecule has 0 aromatic heterocycles. The number of ether oxygens (including phenoxy) is 1. The Hall–Kier alpha value is -3.61. The minimum absolute atomic E-state index is 0. The molecular weight excluding hydrogens is 479 g/mol. The van der Waals surface area contributed by atoms with Crippen LogP contribution in [0.4, 0.5) is 15.8 Å². The molecule has 7 heteroatoms. The van der Waals surface area contributed by atoms with Crippen molar-refractivity contribution in [2.75, 3.05) is 18.0 Å². The predicted octanol–water partition coefficient (Wildman–Crippen LogP) is 6.66. The molecule has 0 amide bonds. The van der Waals surface area contributed by atoms with Crippen LogP contribution < -0.4 is 15.0 Å². The third-order valence-corrected chi connectivity index (χ3v) is 6.60. The van der Waals surface area contributed by atoms with E-state index in [0.29, 0.717) is 30.1 Å². The van der Waals surface area contributed by atoms with Gasteiger partial charge in [0.05, 0.1) is 17.8 Å². The molecule has 2 atom stereocenters. The van der Waals surface area contributed by atoms with Gasteiger partial charge < -0.3 is 20.1 Å². The Labute approximate surface area is 215 Å². The number of rotatable bonds is 6. The van der Waals surface area contributed by atoms with Crippen molar-refractivity contribution in [2.24, 2.45) is 0 Å². The minimum Gasteiger partial charge on any atom is -0.485 e. The second-order valence-electron chi connectivity index (χ2n) is 8.97. The zero-order chi connectivity index (χ0) is 24.5. The van der Waals surface area contributed by atoms with Gasteiger partial charge in [-0.2, -0.15) is 0 Å². The van der Waals surface area contributed by atoms with Crippen LogP contribution >= 0.6 is 12.4 Å². The minimum atomic E-state index is -0.973. The summed E-state index contributed by atoms with van der Waals surface area (Å²) in [4.78, 5) is 13.7. The van der Waals surface area contributed by atoms with Crippen LogP contribution in [0, 0.1) is 12.7 Å². The average molecular weight is 507 g/mol. The van der Waals surface area contributed by atoms with Gasteiger partial charge in [0.25, 0.3) is 0 Å². The van der Waals surface area contributed by atoms with Gasteiger partial charge in [0, 0.05) is 24.3 Å². The zero-order valence-corrected chi connectivity index (χ0v) is 20.9. The molecule has 0 spiro atoms. The Morgan fingerprint density at radius 2 is 1.89 bits per heavy atom. The lowest BCUT2D eigenvalue weighted by atomic mass is 9.99. The van der Waals surface area contributed by atoms with E-state index in [9.17, 15) is 14.3 Å². The first kappa shape index (κ1) is 25.5. The van der Waals surface area contributed by atoms with Crippen molar-refractivity contribution in [3.8, 4) is 5.75 Å². The summed E-state index contributed by atoms with van der Waals surface area (Å²) in [5.74, 6) is -0.908. The van der Waals surface area contributed by atoms with Crippen molar-refractivity contribution < 1.29 is 19.0 Å². The van der Waals surface area contributed by atoms with Gasteiger partial charge in [-0.1, -0.05) is 48.5 Å². The highest BCUT2D eigenvalue weighted by atomic mass is 35.5. The fourth-order valence-electron chi connectivity index (χ4n) is 4.73. The number of aromatic carboxylic acids is 1. The van der Waals surface area contributed by atoms with Gasteiger partial charge in [0.15, 0.2) is 0 Å². The first-order valence-corrected chi connectivity index (χ1v) is 11.7. The van der Waals surface area contributed by atoms with Crippen LogP contribution in [0.25, 0.3) is 10.8 Å². The van der Waals surface area contributed by atoms with Gasteiger partial charge in [-0.05, 0) is 60.0 Å². The van der Waals surface area contributed by atoms with E-state index in [0.717, 1.165) is 5.69 Å². The average Bonchev–Trinajstić information content (AvgIpc) is 2.86. The second-order valence-corrected chi connectivity index (χ2v) is 8.97. The Bertz CT molecular complexity index is 1410. The molecule has 1 unspecified atom stereocenters. The topological polar surface area (TPSA) is 61.8 Å². The van der Waals surface area contributed by atoms with E-state index in [4.69, 9.17) is 4.74 Å². The van der Waals surface area contributed by atoms with Crippen molar-refractivity contribution in [3.63, 3.8) is 0 Å². The molecule has 0 aliphatic carbocycles. The van der Waals surface area contributed by atoms with Gasteiger partial charge in [-0.25, -0.2) is 9.18 Å². The van der Waals surface area contributed by atoms with E-state index in [1.165, 1.54) is 28.5 Å². The third kappa shape index (κ3) is 5.01. The Kier molecular flexibility index (Phi) is 7.48. The van der Waals surface area contributed by atoms with Crippen LogP contribution in [0.15, 0.2) is 78.9 Å². The molecule has 0 fully saturated rings. The van der Waals surface area contributed by atoms with Crippen LogP contribution in [-0.4, -0.2) is 30.3 Å². The number of hydrogen-bond acceptors (Lipinski definition) is 4. The van der Waals surface area contributed by atoms with Crippen molar-refractivity contribution in [1.29, 1.82) is 0 Å². The summed E-state index contributed by atoms with van der Waals surface area (Å²) in [6.07, 6.45) is -0.267. The van der Waals surface area contributed by atoms with E-state index in [1.54, 1.807) is 25.1 Å². The Morgan fingerprint density at radius 1 is 1.11 bits per heavy atom. The molecule has 4 aromatic carbocycles. The van der Waals surface area contributed by atoms with Crippen LogP contribution in [-0.2, 0) is 0 Å². The van der Waals surface area contributed by atoms with Gasteiger partial charge in [-0.3, -0.25) is 0 Å². The fraction of sp³-hybridized carbons (Fsp3) is 0.207. The molecule has 186 valence electrons. The standard InChI is InChI=1S/C29H27FN2O3.ClH/c1-18-10-12-22(15-26(18)29(33)34)32-17-23(35-28-14-21(30)11-13-27(28)32)16-31-19(2)24-9-5-7-20-6-3-4-8-25(20)24;/h3-15,19,23,31H,16-17H2,1-2H3,(H,33,34);1H/t19-,23?;/m1./s1. The number of nitrogens with zero attached hydrogens (tertiary/aromatic N) is 1. The molecule has 5 nitrogen and oxygen atoms in total. The SMILES string of the molecule is Cc1ccc(N2CC(CN[C@H](C)c3cccc4ccccc34)Oc3cc(F)ccc32)cc1C(=O)O.Cl. The summed E-state index contributed by atoms with van der Waals surface area (Å²) >= 11 is 0. The lowest BCUT2D eigenvalue weighted by Crippen LogP contribution is -2.44. The summed E-state index contributed by atoms with van der Waals surface area (Å²) < 4.78 is 20.2. The molecule has 0 saturated carbocycles. The Balaban J connectivity index is 0.00000304. The highest BCUT2D eigenvalue weighted by molar-refractivity contribution is 5.91. The van der Waals surface area contributed by atoms with E-state index < -0.39 is 5.97 Å². The summed E-state index contributed by atoms with van der Waals surface area (Å²) in [6.45, 7) is 4.93. The van der Waals surface area contributed by atoms with Crippen LogP contribution in [0.2, 0.25) is 0 Å². The smallest absolute Gasteiger partial charge is 0.336 e. The van der Waals surface area contributed by atoms with Crippen LogP contribution in [0.1, 0.15) is 34.5 Å². The van der Waals surface area contributed by atoms with Gasteiger partial charge in [0.1, 0.15) is 17.7 Å². The lowest BCUT2D eigenvalue weighted by molar-refractivity contribution is 0.0696. The normalized spacial score (nSPS) is 15.5. The molecule has 1 heterocycles. The molecular formula is C29H28ClFN2O3. The number of aryl methyl sites for hydroxylation is 1. The van der Waals surface area contributed by atoms with Crippen molar-refractivity contribution in [2.45, 2.75) is 26.0 Å². The number of fused-ring (bicyclic) bond motifs is 2. The lowest BCUT2D eigenvalue weighted by Gasteiger charge is -2.37. The zero-order valence-electron chi connectivity index (χ0n) is 20.1. The maximum absolute atomic E-state index is 14.1. The Morgan fingerprint density at radius 3 is 2.69 bits per heavy atom. The number of hydrogen-bond donors (Lipinski definition) is 2. The number of carbonyl (C=O) groups is 1. The maximum Gasteiger partial charge on any atom is 0.336 e. The van der Waals surface area contributed by atoms with Crippen LogP contribution in [0.3, 0.4) is 0 Å². The predicted molar refractivity (Wildman–Crippen MR) is 144 cm³/mol. The quantitative estimate of drug-likeness (QED) is 0.306. The van der Waals surface area contributed by atoms with Gasteiger partial charge in [-0.15, -0.1) is 12.4 Å². The number of anilines is 2. The number of benzene rings is 4. The number of halogens is 2. The molecule has 36 heavy (non-hydrogen) atoms. The number of nitrogens with one attached hydrogen (secondary N) is 1. The molecule has 0 saturated heterocycles. The fourth-order valence-corrected chi connectivity index (χ4v) is 4.73. The van der Waals surface area contributed by atoms with Gasteiger partial charge in [0.2, 0.25) is 0 Å². The van der Waals surface area contributed by atoms with E-state index >= 15 is 0 Å². The van der Waals surface area contributed by atoms with E-state index in [-0.39, 0.29) is 35.9 Å². The highest BCUT2D eigenvalue weighted by Crippen LogP contribution is 2.39.